The Morgan fingerprint density at radius 3 is 2.83 bits per heavy atom. The van der Waals surface area contributed by atoms with Crippen LogP contribution >= 0.6 is 11.6 Å². The first-order chi connectivity index (χ1) is 14.4. The van der Waals surface area contributed by atoms with Crippen LogP contribution in [0.2, 0.25) is 5.02 Å². The van der Waals surface area contributed by atoms with Crippen LogP contribution < -0.4 is 10.1 Å². The van der Waals surface area contributed by atoms with Gasteiger partial charge >= 0.3 is 5.69 Å². The van der Waals surface area contributed by atoms with E-state index in [9.17, 15) is 14.5 Å². The predicted molar refractivity (Wildman–Crippen MR) is 113 cm³/mol. The van der Waals surface area contributed by atoms with Crippen LogP contribution in [0.25, 0.3) is 10.9 Å². The molecule has 1 saturated carbocycles. The monoisotopic (exact) mass is 430 g/mol. The van der Waals surface area contributed by atoms with Gasteiger partial charge in [-0.15, -0.1) is 0 Å². The molecule has 0 spiro atoms. The van der Waals surface area contributed by atoms with E-state index in [4.69, 9.17) is 16.3 Å². The number of aromatic nitrogens is 2. The number of nitro groups is 1. The van der Waals surface area contributed by atoms with Gasteiger partial charge in [0.2, 0.25) is 0 Å². The van der Waals surface area contributed by atoms with Crippen LogP contribution in [0.4, 0.5) is 21.6 Å². The van der Waals surface area contributed by atoms with Gasteiger partial charge in [0.05, 0.1) is 27.5 Å². The molecule has 2 unspecified atom stereocenters. The lowest BCUT2D eigenvalue weighted by Gasteiger charge is -2.16. The fourth-order valence-corrected chi connectivity index (χ4v) is 3.99. The van der Waals surface area contributed by atoms with Gasteiger partial charge in [0.15, 0.2) is 5.75 Å². The minimum atomic E-state index is -0.538. The molecule has 30 heavy (non-hydrogen) atoms. The number of ether oxygens (including phenoxy) is 1. The highest BCUT2D eigenvalue weighted by Crippen LogP contribution is 2.37. The largest absolute Gasteiger partial charge is 0.486 e. The summed E-state index contributed by atoms with van der Waals surface area (Å²) in [5.74, 6) is 0.947. The number of nitrogens with one attached hydrogen (secondary N) is 1. The minimum absolute atomic E-state index is 0.0406. The third-order valence-corrected chi connectivity index (χ3v) is 5.88. The highest BCUT2D eigenvalue weighted by atomic mass is 35.5. The smallest absolute Gasteiger partial charge is 0.311 e. The van der Waals surface area contributed by atoms with E-state index in [0.717, 1.165) is 19.3 Å². The van der Waals surface area contributed by atoms with Crippen molar-refractivity contribution in [3.05, 3.63) is 57.6 Å². The van der Waals surface area contributed by atoms with Gasteiger partial charge in [-0.05, 0) is 36.5 Å². The number of hydrogen-bond acceptors (Lipinski definition) is 6. The van der Waals surface area contributed by atoms with Crippen molar-refractivity contribution in [3.8, 4) is 5.75 Å². The average Bonchev–Trinajstić information content (AvgIpc) is 3.13. The van der Waals surface area contributed by atoms with E-state index < -0.39 is 10.7 Å². The number of rotatable bonds is 6. The number of benzene rings is 2. The fourth-order valence-electron chi connectivity index (χ4n) is 3.81. The summed E-state index contributed by atoms with van der Waals surface area (Å²) >= 11 is 5.83. The van der Waals surface area contributed by atoms with Gasteiger partial charge in [-0.1, -0.05) is 31.4 Å². The second kappa shape index (κ2) is 8.39. The Hall–Kier alpha value is -3.00. The second-order valence-corrected chi connectivity index (χ2v) is 7.96. The molecule has 0 saturated heterocycles. The summed E-state index contributed by atoms with van der Waals surface area (Å²) in [4.78, 5) is 19.6. The van der Waals surface area contributed by atoms with Gasteiger partial charge in [0.25, 0.3) is 0 Å². The lowest BCUT2D eigenvalue weighted by atomic mass is 9.99. The van der Waals surface area contributed by atoms with Crippen LogP contribution in [0.1, 0.15) is 26.2 Å². The van der Waals surface area contributed by atoms with Gasteiger partial charge in [0.1, 0.15) is 18.0 Å². The summed E-state index contributed by atoms with van der Waals surface area (Å²) in [6.07, 6.45) is 4.73. The molecule has 1 N–H and O–H groups in total. The lowest BCUT2D eigenvalue weighted by molar-refractivity contribution is -0.385. The molecule has 1 fully saturated rings. The Bertz CT molecular complexity index is 1110. The normalized spacial score (nSPS) is 18.5. The molecule has 0 radical (unpaired) electrons. The summed E-state index contributed by atoms with van der Waals surface area (Å²) < 4.78 is 19.3. The minimum Gasteiger partial charge on any atom is -0.486 e. The van der Waals surface area contributed by atoms with E-state index in [0.29, 0.717) is 40.9 Å². The summed E-state index contributed by atoms with van der Waals surface area (Å²) in [6.45, 7) is 2.63. The molecule has 3 aromatic rings. The standard InChI is InChI=1S/C21H20ClFN4O3/c1-12-3-2-4-13(12)10-30-20-9-18-15(8-19(20)27(28)29)21(25-11-24-18)26-14-5-6-17(23)16(22)7-14/h5-9,11-13H,2-4,10H2,1H3,(H,24,25,26). The Labute approximate surface area is 177 Å². The zero-order chi connectivity index (χ0) is 21.3. The Morgan fingerprint density at radius 1 is 1.30 bits per heavy atom. The number of nitro benzene ring substituents is 1. The van der Waals surface area contributed by atoms with Crippen molar-refractivity contribution in [3.63, 3.8) is 0 Å². The maximum atomic E-state index is 13.4. The molecule has 1 heterocycles. The van der Waals surface area contributed by atoms with E-state index in [1.807, 2.05) is 0 Å². The molecule has 7 nitrogen and oxygen atoms in total. The second-order valence-electron chi connectivity index (χ2n) is 7.55. The summed E-state index contributed by atoms with van der Waals surface area (Å²) in [6, 6.07) is 7.11. The maximum Gasteiger partial charge on any atom is 0.311 e. The zero-order valence-corrected chi connectivity index (χ0v) is 17.0. The molecule has 9 heteroatoms. The topological polar surface area (TPSA) is 90.2 Å². The van der Waals surface area contributed by atoms with Crippen molar-refractivity contribution in [2.45, 2.75) is 26.2 Å². The Morgan fingerprint density at radius 2 is 2.13 bits per heavy atom. The molecular formula is C21H20ClFN4O3. The van der Waals surface area contributed by atoms with Crippen molar-refractivity contribution in [1.82, 2.24) is 9.97 Å². The summed E-state index contributed by atoms with van der Waals surface area (Å²) in [5, 5.41) is 15.1. The van der Waals surface area contributed by atoms with E-state index >= 15 is 0 Å². The van der Waals surface area contributed by atoms with Crippen LogP contribution in [0.3, 0.4) is 0 Å². The van der Waals surface area contributed by atoms with Crippen LogP contribution in [0.15, 0.2) is 36.7 Å². The molecule has 156 valence electrons. The number of anilines is 2. The van der Waals surface area contributed by atoms with Crippen LogP contribution in [0.5, 0.6) is 5.75 Å². The van der Waals surface area contributed by atoms with Crippen molar-refractivity contribution >= 4 is 39.7 Å². The van der Waals surface area contributed by atoms with Crippen molar-refractivity contribution in [1.29, 1.82) is 0 Å². The van der Waals surface area contributed by atoms with Crippen LogP contribution in [-0.4, -0.2) is 21.5 Å². The van der Waals surface area contributed by atoms with Crippen LogP contribution in [-0.2, 0) is 0 Å². The quantitative estimate of drug-likeness (QED) is 0.387. The number of nitrogens with zero attached hydrogens (tertiary/aromatic N) is 3. The first kappa shape index (κ1) is 20.3. The highest BCUT2D eigenvalue weighted by Gasteiger charge is 2.26. The molecule has 4 rings (SSSR count). The molecule has 0 aliphatic heterocycles. The predicted octanol–water partition coefficient (Wildman–Crippen LogP) is 5.89. The van der Waals surface area contributed by atoms with Gasteiger partial charge in [0, 0.05) is 17.8 Å². The van der Waals surface area contributed by atoms with E-state index in [1.54, 1.807) is 6.07 Å². The van der Waals surface area contributed by atoms with Crippen molar-refractivity contribution < 1.29 is 14.1 Å². The molecule has 1 aliphatic rings. The van der Waals surface area contributed by atoms with Gasteiger partial charge < -0.3 is 10.1 Å². The SMILES string of the molecule is CC1CCCC1COc1cc2ncnc(Nc3ccc(F)c(Cl)c3)c2cc1[N+](=O)[O-]. The first-order valence-electron chi connectivity index (χ1n) is 9.70. The van der Waals surface area contributed by atoms with Crippen molar-refractivity contribution in [2.75, 3.05) is 11.9 Å². The maximum absolute atomic E-state index is 13.4. The lowest BCUT2D eigenvalue weighted by Crippen LogP contribution is -2.15. The Kier molecular flexibility index (Phi) is 5.67. The summed E-state index contributed by atoms with van der Waals surface area (Å²) in [5.41, 5.74) is 0.850. The molecule has 2 atom stereocenters. The Balaban J connectivity index is 1.67. The molecule has 1 aliphatic carbocycles. The zero-order valence-electron chi connectivity index (χ0n) is 16.3. The first-order valence-corrected chi connectivity index (χ1v) is 10.1. The van der Waals surface area contributed by atoms with Crippen LogP contribution in [0, 0.1) is 27.8 Å². The van der Waals surface area contributed by atoms with Crippen molar-refractivity contribution in [2.24, 2.45) is 11.8 Å². The number of hydrogen-bond donors (Lipinski definition) is 1. The van der Waals surface area contributed by atoms with Gasteiger partial charge in [-0.25, -0.2) is 14.4 Å². The third kappa shape index (κ3) is 4.14. The highest BCUT2D eigenvalue weighted by molar-refractivity contribution is 6.31. The van der Waals surface area contributed by atoms with E-state index in [2.05, 4.69) is 22.2 Å². The van der Waals surface area contributed by atoms with Gasteiger partial charge in [-0.3, -0.25) is 10.1 Å². The molecule has 0 amide bonds. The summed E-state index contributed by atoms with van der Waals surface area (Å²) in [7, 11) is 0. The van der Waals surface area contributed by atoms with E-state index in [1.165, 1.54) is 30.6 Å². The number of fused-ring (bicyclic) bond motifs is 1. The van der Waals surface area contributed by atoms with Gasteiger partial charge in [-0.2, -0.15) is 0 Å². The third-order valence-electron chi connectivity index (χ3n) is 5.59. The molecule has 2 aromatic carbocycles. The average molecular weight is 431 g/mol. The number of halogens is 2. The molecular weight excluding hydrogens is 411 g/mol. The molecule has 1 aromatic heterocycles. The fraction of sp³-hybridized carbons (Fsp3) is 0.333. The van der Waals surface area contributed by atoms with E-state index in [-0.39, 0.29) is 16.5 Å². The molecule has 0 bridgehead atoms.